The van der Waals surface area contributed by atoms with E-state index in [1.165, 1.54) is 5.56 Å². The van der Waals surface area contributed by atoms with Crippen LogP contribution in [0.25, 0.3) is 0 Å². The van der Waals surface area contributed by atoms with Crippen molar-refractivity contribution in [2.75, 3.05) is 17.5 Å². The number of hydrogen-bond donors (Lipinski definition) is 2. The molecule has 2 aromatic rings. The standard InChI is InChI=1S/C20H23ClN2O3S/c1-27(25,26)23-18-6-3-2-5-15(18)13-19(24)22-14-20(11-4-12-20)16-7-9-17(21)10-8-16/h2-3,5-10,23H,4,11-14H2,1H3,(H,22,24). The average molecular weight is 407 g/mol. The second-order valence-corrected chi connectivity index (χ2v) is 9.31. The Morgan fingerprint density at radius 2 is 1.78 bits per heavy atom. The molecule has 1 fully saturated rings. The molecule has 0 bridgehead atoms. The summed E-state index contributed by atoms with van der Waals surface area (Å²) in [7, 11) is -3.40. The number of amides is 1. The molecule has 0 unspecified atom stereocenters. The van der Waals surface area contributed by atoms with Crippen molar-refractivity contribution in [3.63, 3.8) is 0 Å². The normalized spacial score (nSPS) is 15.6. The third-order valence-electron chi connectivity index (χ3n) is 5.05. The van der Waals surface area contributed by atoms with E-state index >= 15 is 0 Å². The van der Waals surface area contributed by atoms with E-state index in [2.05, 4.69) is 10.0 Å². The molecule has 0 spiro atoms. The van der Waals surface area contributed by atoms with Crippen molar-refractivity contribution in [1.82, 2.24) is 5.32 Å². The fourth-order valence-electron chi connectivity index (χ4n) is 3.45. The Bertz CT molecular complexity index is 922. The van der Waals surface area contributed by atoms with Gasteiger partial charge in [0.05, 0.1) is 18.4 Å². The van der Waals surface area contributed by atoms with Gasteiger partial charge in [-0.1, -0.05) is 48.4 Å². The molecule has 0 saturated heterocycles. The van der Waals surface area contributed by atoms with Crippen LogP contribution in [0.1, 0.15) is 30.4 Å². The van der Waals surface area contributed by atoms with Crippen molar-refractivity contribution in [3.8, 4) is 0 Å². The number of anilines is 1. The molecule has 5 nitrogen and oxygen atoms in total. The minimum Gasteiger partial charge on any atom is -0.355 e. The van der Waals surface area contributed by atoms with Crippen molar-refractivity contribution >= 4 is 33.2 Å². The van der Waals surface area contributed by atoms with Gasteiger partial charge < -0.3 is 5.32 Å². The Kier molecular flexibility index (Phi) is 5.77. The van der Waals surface area contributed by atoms with Gasteiger partial charge in [0.1, 0.15) is 0 Å². The first-order valence-corrected chi connectivity index (χ1v) is 11.1. The molecule has 0 aliphatic heterocycles. The van der Waals surface area contributed by atoms with Crippen molar-refractivity contribution in [3.05, 3.63) is 64.7 Å². The molecule has 2 N–H and O–H groups in total. The molecule has 3 rings (SSSR count). The lowest BCUT2D eigenvalue weighted by molar-refractivity contribution is -0.120. The van der Waals surface area contributed by atoms with E-state index in [0.717, 1.165) is 25.5 Å². The summed E-state index contributed by atoms with van der Waals surface area (Å²) in [6.45, 7) is 0.565. The minimum absolute atomic E-state index is 0.0369. The summed E-state index contributed by atoms with van der Waals surface area (Å²) in [5.41, 5.74) is 2.24. The molecule has 0 radical (unpaired) electrons. The highest BCUT2D eigenvalue weighted by Crippen LogP contribution is 2.43. The zero-order valence-electron chi connectivity index (χ0n) is 15.2. The molecule has 2 aromatic carbocycles. The highest BCUT2D eigenvalue weighted by Gasteiger charge is 2.38. The quantitative estimate of drug-likeness (QED) is 0.739. The fraction of sp³-hybridized carbons (Fsp3) is 0.350. The zero-order chi connectivity index (χ0) is 19.5. The van der Waals surface area contributed by atoms with Crippen LogP contribution < -0.4 is 10.0 Å². The van der Waals surface area contributed by atoms with E-state index in [4.69, 9.17) is 11.6 Å². The third kappa shape index (κ3) is 5.02. The van der Waals surface area contributed by atoms with Gasteiger partial charge in [0.25, 0.3) is 0 Å². The molecule has 1 saturated carbocycles. The maximum absolute atomic E-state index is 12.5. The van der Waals surface area contributed by atoms with Crippen LogP contribution in [0.4, 0.5) is 5.69 Å². The third-order valence-corrected chi connectivity index (χ3v) is 5.90. The molecule has 0 heterocycles. The lowest BCUT2D eigenvalue weighted by Crippen LogP contribution is -2.45. The van der Waals surface area contributed by atoms with Crippen LogP contribution >= 0.6 is 11.6 Å². The Morgan fingerprint density at radius 1 is 1.11 bits per heavy atom. The highest BCUT2D eigenvalue weighted by molar-refractivity contribution is 7.92. The monoisotopic (exact) mass is 406 g/mol. The van der Waals surface area contributed by atoms with Crippen molar-refractivity contribution in [2.45, 2.75) is 31.1 Å². The molecular formula is C20H23ClN2O3S. The summed E-state index contributed by atoms with van der Waals surface area (Å²) in [5.74, 6) is -0.127. The van der Waals surface area contributed by atoms with E-state index in [9.17, 15) is 13.2 Å². The van der Waals surface area contributed by atoms with Crippen LogP contribution in [0.2, 0.25) is 5.02 Å². The van der Waals surface area contributed by atoms with Gasteiger partial charge in [0.15, 0.2) is 0 Å². The Balaban J connectivity index is 1.65. The lowest BCUT2D eigenvalue weighted by atomic mass is 9.64. The number of rotatable bonds is 7. The first-order valence-electron chi connectivity index (χ1n) is 8.86. The number of benzene rings is 2. The largest absolute Gasteiger partial charge is 0.355 e. The Hall–Kier alpha value is -2.05. The summed E-state index contributed by atoms with van der Waals surface area (Å²) in [4.78, 5) is 12.5. The predicted octanol–water partition coefficient (Wildman–Crippen LogP) is 3.49. The van der Waals surface area contributed by atoms with E-state index < -0.39 is 10.0 Å². The number of para-hydroxylation sites is 1. The van der Waals surface area contributed by atoms with Crippen LogP contribution in [0.3, 0.4) is 0 Å². The van der Waals surface area contributed by atoms with Gasteiger partial charge in [0, 0.05) is 17.0 Å². The van der Waals surface area contributed by atoms with E-state index in [1.54, 1.807) is 24.3 Å². The van der Waals surface area contributed by atoms with Gasteiger partial charge >= 0.3 is 0 Å². The molecule has 0 atom stereocenters. The van der Waals surface area contributed by atoms with E-state index in [-0.39, 0.29) is 17.7 Å². The fourth-order valence-corrected chi connectivity index (χ4v) is 4.18. The SMILES string of the molecule is CS(=O)(=O)Nc1ccccc1CC(=O)NCC1(c2ccc(Cl)cc2)CCC1. The van der Waals surface area contributed by atoms with Crippen LogP contribution in [-0.2, 0) is 26.7 Å². The molecule has 1 aliphatic rings. The Morgan fingerprint density at radius 3 is 2.37 bits per heavy atom. The number of carbonyl (C=O) groups excluding carboxylic acids is 1. The molecule has 144 valence electrons. The average Bonchev–Trinajstić information content (AvgIpc) is 2.56. The second-order valence-electron chi connectivity index (χ2n) is 7.13. The number of sulfonamides is 1. The van der Waals surface area contributed by atoms with Gasteiger partial charge in [-0.2, -0.15) is 0 Å². The van der Waals surface area contributed by atoms with Gasteiger partial charge in [-0.3, -0.25) is 9.52 Å². The predicted molar refractivity (Wildman–Crippen MR) is 109 cm³/mol. The number of carbonyl (C=O) groups is 1. The van der Waals surface area contributed by atoms with Crippen molar-refractivity contribution in [2.24, 2.45) is 0 Å². The smallest absolute Gasteiger partial charge is 0.229 e. The highest BCUT2D eigenvalue weighted by atomic mass is 35.5. The van der Waals surface area contributed by atoms with Gasteiger partial charge in [-0.25, -0.2) is 8.42 Å². The van der Waals surface area contributed by atoms with Gasteiger partial charge in [-0.15, -0.1) is 0 Å². The maximum Gasteiger partial charge on any atom is 0.229 e. The summed E-state index contributed by atoms with van der Waals surface area (Å²) in [6, 6.07) is 14.8. The lowest BCUT2D eigenvalue weighted by Gasteiger charge is -2.42. The Labute approximate surface area is 165 Å². The van der Waals surface area contributed by atoms with Crippen LogP contribution in [0.5, 0.6) is 0 Å². The van der Waals surface area contributed by atoms with Gasteiger partial charge in [0.2, 0.25) is 15.9 Å². The molecule has 27 heavy (non-hydrogen) atoms. The minimum atomic E-state index is -3.40. The van der Waals surface area contributed by atoms with Crippen molar-refractivity contribution in [1.29, 1.82) is 0 Å². The summed E-state index contributed by atoms with van der Waals surface area (Å²) >= 11 is 5.98. The maximum atomic E-state index is 12.5. The van der Waals surface area contributed by atoms with E-state index in [0.29, 0.717) is 22.8 Å². The number of halogens is 1. The number of nitrogens with one attached hydrogen (secondary N) is 2. The van der Waals surface area contributed by atoms with Crippen LogP contribution in [0, 0.1) is 0 Å². The first-order chi connectivity index (χ1) is 12.8. The molecular weight excluding hydrogens is 384 g/mol. The van der Waals surface area contributed by atoms with Crippen molar-refractivity contribution < 1.29 is 13.2 Å². The number of hydrogen-bond acceptors (Lipinski definition) is 3. The van der Waals surface area contributed by atoms with Gasteiger partial charge in [-0.05, 0) is 42.2 Å². The summed E-state index contributed by atoms with van der Waals surface area (Å²) in [6.07, 6.45) is 4.41. The zero-order valence-corrected chi connectivity index (χ0v) is 16.7. The molecule has 1 amide bonds. The topological polar surface area (TPSA) is 75.3 Å². The second kappa shape index (κ2) is 7.90. The summed E-state index contributed by atoms with van der Waals surface area (Å²) in [5, 5.41) is 3.73. The van der Waals surface area contributed by atoms with E-state index in [1.807, 2.05) is 24.3 Å². The molecule has 7 heteroatoms. The van der Waals surface area contributed by atoms with Crippen LogP contribution in [0.15, 0.2) is 48.5 Å². The molecule has 1 aliphatic carbocycles. The summed E-state index contributed by atoms with van der Waals surface area (Å²) < 4.78 is 25.5. The van der Waals surface area contributed by atoms with Crippen LogP contribution in [-0.4, -0.2) is 27.1 Å². The molecule has 0 aromatic heterocycles. The first kappa shape index (κ1) is 19.7.